The van der Waals surface area contributed by atoms with Crippen LogP contribution in [0.25, 0.3) is 22.2 Å². The normalized spacial score (nSPS) is 11.1. The number of fused-ring (bicyclic) bond motifs is 1. The maximum absolute atomic E-state index is 11.5. The number of carboxylic acid groups (broad SMARTS) is 1. The Bertz CT molecular complexity index is 880. The molecule has 0 aliphatic heterocycles. The minimum Gasteiger partial charge on any atom is -0.545 e. The molecular formula is C20H18NO2-. The Balaban J connectivity index is 2.18. The van der Waals surface area contributed by atoms with Crippen molar-refractivity contribution in [2.45, 2.75) is 26.7 Å². The van der Waals surface area contributed by atoms with Crippen LogP contribution in [0.3, 0.4) is 0 Å². The zero-order chi connectivity index (χ0) is 16.6. The van der Waals surface area contributed by atoms with Gasteiger partial charge < -0.3 is 9.90 Å². The van der Waals surface area contributed by atoms with Gasteiger partial charge in [0.25, 0.3) is 0 Å². The molecule has 0 bridgehead atoms. The average molecular weight is 304 g/mol. The van der Waals surface area contributed by atoms with E-state index in [0.29, 0.717) is 22.5 Å². The molecule has 1 heterocycles. The van der Waals surface area contributed by atoms with Crippen LogP contribution < -0.4 is 5.11 Å². The van der Waals surface area contributed by atoms with Crippen molar-refractivity contribution < 1.29 is 9.90 Å². The molecule has 0 aliphatic carbocycles. The minimum absolute atomic E-state index is 0.182. The third kappa shape index (κ3) is 2.95. The van der Waals surface area contributed by atoms with Gasteiger partial charge in [-0.1, -0.05) is 49.7 Å². The summed E-state index contributed by atoms with van der Waals surface area (Å²) in [4.78, 5) is 16.1. The number of aromatic carboxylic acids is 1. The molecule has 0 N–H and O–H groups in total. The zero-order valence-electron chi connectivity index (χ0n) is 13.5. The summed E-state index contributed by atoms with van der Waals surface area (Å²) in [5.74, 6) is -0.724. The monoisotopic (exact) mass is 304 g/mol. The molecule has 0 radical (unpaired) electrons. The van der Waals surface area contributed by atoms with Gasteiger partial charge in [-0.3, -0.25) is 0 Å². The molecule has 0 spiro atoms. The molecule has 2 aromatic carbocycles. The van der Waals surface area contributed by atoms with E-state index in [4.69, 9.17) is 0 Å². The zero-order valence-corrected chi connectivity index (χ0v) is 13.5. The number of hydrogen-bond donors (Lipinski definition) is 0. The van der Waals surface area contributed by atoms with E-state index in [9.17, 15) is 9.90 Å². The number of hydrogen-bond acceptors (Lipinski definition) is 3. The van der Waals surface area contributed by atoms with Crippen LogP contribution in [0.4, 0.5) is 0 Å². The number of pyridine rings is 1. The second kappa shape index (κ2) is 5.84. The van der Waals surface area contributed by atoms with E-state index in [2.05, 4.69) is 31.0 Å². The molecule has 23 heavy (non-hydrogen) atoms. The van der Waals surface area contributed by atoms with Gasteiger partial charge in [0.15, 0.2) is 0 Å². The van der Waals surface area contributed by atoms with Gasteiger partial charge in [0.1, 0.15) is 0 Å². The van der Waals surface area contributed by atoms with Gasteiger partial charge >= 0.3 is 0 Å². The molecular weight excluding hydrogens is 286 g/mol. The van der Waals surface area contributed by atoms with E-state index in [0.717, 1.165) is 11.1 Å². The Labute approximate surface area is 135 Å². The van der Waals surface area contributed by atoms with E-state index in [1.54, 1.807) is 6.07 Å². The van der Waals surface area contributed by atoms with Gasteiger partial charge in [0, 0.05) is 16.5 Å². The first kappa shape index (κ1) is 15.2. The third-order valence-corrected chi connectivity index (χ3v) is 4.06. The number of carbonyl (C=O) groups excluding carboxylic acids is 1. The second-order valence-corrected chi connectivity index (χ2v) is 6.14. The SMILES string of the molecule is Cc1ccc2nc(-c3ccc(C(C)C)cc3)cc(C(=O)[O-])c2c1. The number of nitrogens with zero attached hydrogens (tertiary/aromatic N) is 1. The van der Waals surface area contributed by atoms with Crippen LogP contribution >= 0.6 is 0 Å². The Morgan fingerprint density at radius 3 is 2.35 bits per heavy atom. The van der Waals surface area contributed by atoms with E-state index in [1.807, 2.05) is 37.3 Å². The lowest BCUT2D eigenvalue weighted by Gasteiger charge is -2.12. The number of benzene rings is 2. The van der Waals surface area contributed by atoms with Crippen LogP contribution in [0.5, 0.6) is 0 Å². The lowest BCUT2D eigenvalue weighted by molar-refractivity contribution is -0.254. The van der Waals surface area contributed by atoms with Crippen LogP contribution in [0, 0.1) is 6.92 Å². The summed E-state index contributed by atoms with van der Waals surface area (Å²) in [6, 6.07) is 15.3. The number of carboxylic acids is 1. The first-order valence-corrected chi connectivity index (χ1v) is 7.69. The highest BCUT2D eigenvalue weighted by atomic mass is 16.4. The van der Waals surface area contributed by atoms with Crippen molar-refractivity contribution in [3.8, 4) is 11.3 Å². The van der Waals surface area contributed by atoms with Gasteiger partial charge in [-0.05, 0) is 36.6 Å². The summed E-state index contributed by atoms with van der Waals surface area (Å²) in [6.07, 6.45) is 0. The largest absolute Gasteiger partial charge is 0.545 e. The maximum Gasteiger partial charge on any atom is 0.0722 e. The fraction of sp³-hybridized carbons (Fsp3) is 0.200. The quantitative estimate of drug-likeness (QED) is 0.741. The van der Waals surface area contributed by atoms with E-state index < -0.39 is 5.97 Å². The molecule has 1 aromatic heterocycles. The predicted molar refractivity (Wildman–Crippen MR) is 90.3 cm³/mol. The summed E-state index contributed by atoms with van der Waals surface area (Å²) < 4.78 is 0. The van der Waals surface area contributed by atoms with Gasteiger partial charge in [-0.25, -0.2) is 4.98 Å². The van der Waals surface area contributed by atoms with Crippen LogP contribution in [-0.2, 0) is 0 Å². The second-order valence-electron chi connectivity index (χ2n) is 6.14. The molecule has 0 unspecified atom stereocenters. The number of carbonyl (C=O) groups is 1. The van der Waals surface area contributed by atoms with Crippen molar-refractivity contribution in [3.05, 3.63) is 65.2 Å². The number of aromatic nitrogens is 1. The molecule has 0 aliphatic rings. The Kier molecular flexibility index (Phi) is 3.87. The van der Waals surface area contributed by atoms with Gasteiger partial charge in [0.2, 0.25) is 0 Å². The highest BCUT2D eigenvalue weighted by Crippen LogP contribution is 2.26. The molecule has 0 fully saturated rings. The van der Waals surface area contributed by atoms with Crippen molar-refractivity contribution in [2.75, 3.05) is 0 Å². The van der Waals surface area contributed by atoms with Crippen molar-refractivity contribution in [1.29, 1.82) is 0 Å². The van der Waals surface area contributed by atoms with Crippen LogP contribution in [0.2, 0.25) is 0 Å². The van der Waals surface area contributed by atoms with Crippen LogP contribution in [0.1, 0.15) is 41.3 Å². The average Bonchev–Trinajstić information content (AvgIpc) is 2.53. The van der Waals surface area contributed by atoms with E-state index in [1.165, 1.54) is 5.56 Å². The lowest BCUT2D eigenvalue weighted by atomic mass is 9.99. The highest BCUT2D eigenvalue weighted by Gasteiger charge is 2.09. The van der Waals surface area contributed by atoms with E-state index in [-0.39, 0.29) is 5.56 Å². The molecule has 0 saturated heterocycles. The van der Waals surface area contributed by atoms with Crippen LogP contribution in [-0.4, -0.2) is 11.0 Å². The Morgan fingerprint density at radius 2 is 1.74 bits per heavy atom. The summed E-state index contributed by atoms with van der Waals surface area (Å²) in [5, 5.41) is 12.1. The minimum atomic E-state index is -1.18. The standard InChI is InChI=1S/C20H19NO2/c1-12(2)14-5-7-15(8-6-14)19-11-17(20(22)23)16-10-13(3)4-9-18(16)21-19/h4-12H,1-3H3,(H,22,23)/p-1. The molecule has 3 nitrogen and oxygen atoms in total. The highest BCUT2D eigenvalue weighted by molar-refractivity contribution is 6.03. The number of aryl methyl sites for hydroxylation is 1. The summed E-state index contributed by atoms with van der Waals surface area (Å²) in [5.41, 5.74) is 4.64. The van der Waals surface area contributed by atoms with Crippen molar-refractivity contribution in [3.63, 3.8) is 0 Å². The first-order valence-electron chi connectivity index (χ1n) is 7.69. The molecule has 0 amide bonds. The molecule has 3 heteroatoms. The fourth-order valence-corrected chi connectivity index (χ4v) is 2.70. The molecule has 3 rings (SSSR count). The Hall–Kier alpha value is -2.68. The Morgan fingerprint density at radius 1 is 1.04 bits per heavy atom. The van der Waals surface area contributed by atoms with Gasteiger partial charge in [-0.2, -0.15) is 0 Å². The van der Waals surface area contributed by atoms with Gasteiger partial charge in [-0.15, -0.1) is 0 Å². The molecule has 116 valence electrons. The smallest absolute Gasteiger partial charge is 0.0722 e. The van der Waals surface area contributed by atoms with Crippen LogP contribution in [0.15, 0.2) is 48.5 Å². The summed E-state index contributed by atoms with van der Waals surface area (Å²) in [6.45, 7) is 6.21. The molecule has 3 aromatic rings. The predicted octanol–water partition coefficient (Wildman–Crippen LogP) is 3.70. The van der Waals surface area contributed by atoms with Crippen molar-refractivity contribution in [1.82, 2.24) is 4.98 Å². The lowest BCUT2D eigenvalue weighted by Crippen LogP contribution is -2.22. The molecule has 0 atom stereocenters. The fourth-order valence-electron chi connectivity index (χ4n) is 2.70. The third-order valence-electron chi connectivity index (χ3n) is 4.06. The summed E-state index contributed by atoms with van der Waals surface area (Å²) in [7, 11) is 0. The number of rotatable bonds is 3. The van der Waals surface area contributed by atoms with Crippen molar-refractivity contribution in [2.24, 2.45) is 0 Å². The van der Waals surface area contributed by atoms with E-state index >= 15 is 0 Å². The van der Waals surface area contributed by atoms with Crippen molar-refractivity contribution >= 4 is 16.9 Å². The summed E-state index contributed by atoms with van der Waals surface area (Å²) >= 11 is 0. The van der Waals surface area contributed by atoms with Gasteiger partial charge in [0.05, 0.1) is 17.2 Å². The first-order chi connectivity index (χ1) is 11.0. The molecule has 0 saturated carbocycles. The topological polar surface area (TPSA) is 53.0 Å². The maximum atomic E-state index is 11.5.